The molecule has 0 aliphatic rings. The van der Waals surface area contributed by atoms with Crippen LogP contribution in [0.5, 0.6) is 5.75 Å². The Hall–Kier alpha value is -1.23. The molecule has 0 aliphatic heterocycles. The summed E-state index contributed by atoms with van der Waals surface area (Å²) < 4.78 is 10.7. The van der Waals surface area contributed by atoms with Crippen LogP contribution in [0.2, 0.25) is 0 Å². The molecule has 5 heteroatoms. The summed E-state index contributed by atoms with van der Waals surface area (Å²) in [6.45, 7) is 1.92. The fourth-order valence-electron chi connectivity index (χ4n) is 1.42. The number of anilines is 1. The molecule has 1 aromatic carbocycles. The zero-order chi connectivity index (χ0) is 12.8. The standard InChI is InChI=1S/C12H16BrNO3/c1-8(6-12(15)17-3)14-9-4-5-10(13)11(7-9)16-2/h4-5,7-8,14H,6H2,1-3H3. The van der Waals surface area contributed by atoms with E-state index in [9.17, 15) is 4.79 Å². The van der Waals surface area contributed by atoms with Gasteiger partial charge in [0.1, 0.15) is 5.75 Å². The van der Waals surface area contributed by atoms with E-state index >= 15 is 0 Å². The largest absolute Gasteiger partial charge is 0.495 e. The normalized spacial score (nSPS) is 11.8. The molecule has 1 rings (SSSR count). The summed E-state index contributed by atoms with van der Waals surface area (Å²) in [5.41, 5.74) is 0.904. The number of nitrogens with one attached hydrogen (secondary N) is 1. The van der Waals surface area contributed by atoms with Crippen molar-refractivity contribution in [1.82, 2.24) is 0 Å². The van der Waals surface area contributed by atoms with Gasteiger partial charge in [0.25, 0.3) is 0 Å². The minimum atomic E-state index is -0.228. The van der Waals surface area contributed by atoms with E-state index in [0.29, 0.717) is 6.42 Å². The highest BCUT2D eigenvalue weighted by Crippen LogP contribution is 2.28. The summed E-state index contributed by atoms with van der Waals surface area (Å²) in [6, 6.07) is 5.69. The van der Waals surface area contributed by atoms with Crippen molar-refractivity contribution in [1.29, 1.82) is 0 Å². The van der Waals surface area contributed by atoms with E-state index in [2.05, 4.69) is 26.0 Å². The first-order chi connectivity index (χ1) is 8.06. The van der Waals surface area contributed by atoms with Gasteiger partial charge in [0.15, 0.2) is 0 Å². The third kappa shape index (κ3) is 4.26. The number of hydrogen-bond donors (Lipinski definition) is 1. The number of ether oxygens (including phenoxy) is 2. The Kier molecular flexibility index (Phi) is 5.28. The van der Waals surface area contributed by atoms with Gasteiger partial charge in [-0.15, -0.1) is 0 Å². The third-order valence-corrected chi connectivity index (χ3v) is 2.92. The predicted octanol–water partition coefficient (Wildman–Crippen LogP) is 2.82. The Bertz CT molecular complexity index is 395. The highest BCUT2D eigenvalue weighted by molar-refractivity contribution is 9.10. The number of hydrogen-bond acceptors (Lipinski definition) is 4. The molecule has 4 nitrogen and oxygen atoms in total. The molecule has 0 spiro atoms. The highest BCUT2D eigenvalue weighted by Gasteiger charge is 2.09. The first kappa shape index (κ1) is 13.8. The molecule has 0 saturated heterocycles. The van der Waals surface area contributed by atoms with E-state index in [1.807, 2.05) is 25.1 Å². The topological polar surface area (TPSA) is 47.6 Å². The van der Waals surface area contributed by atoms with Crippen LogP contribution in [-0.4, -0.2) is 26.2 Å². The molecule has 0 aromatic heterocycles. The second-order valence-electron chi connectivity index (χ2n) is 3.67. The zero-order valence-electron chi connectivity index (χ0n) is 10.1. The molecule has 0 radical (unpaired) electrons. The summed E-state index contributed by atoms with van der Waals surface area (Å²) in [7, 11) is 3.00. The molecule has 0 fully saturated rings. The van der Waals surface area contributed by atoms with Crippen molar-refractivity contribution in [3.8, 4) is 5.75 Å². The van der Waals surface area contributed by atoms with E-state index in [1.165, 1.54) is 7.11 Å². The Labute approximate surface area is 109 Å². The Morgan fingerprint density at radius 3 is 2.76 bits per heavy atom. The lowest BCUT2D eigenvalue weighted by atomic mass is 10.2. The molecule has 17 heavy (non-hydrogen) atoms. The van der Waals surface area contributed by atoms with Crippen molar-refractivity contribution in [2.24, 2.45) is 0 Å². The Morgan fingerprint density at radius 1 is 1.47 bits per heavy atom. The fourth-order valence-corrected chi connectivity index (χ4v) is 1.83. The van der Waals surface area contributed by atoms with Gasteiger partial charge in [0.2, 0.25) is 0 Å². The molecule has 1 N–H and O–H groups in total. The third-order valence-electron chi connectivity index (χ3n) is 2.26. The van der Waals surface area contributed by atoms with Gasteiger partial charge in [-0.3, -0.25) is 4.79 Å². The average molecular weight is 302 g/mol. The molecular formula is C12H16BrNO3. The van der Waals surface area contributed by atoms with Crippen molar-refractivity contribution in [2.45, 2.75) is 19.4 Å². The smallest absolute Gasteiger partial charge is 0.307 e. The van der Waals surface area contributed by atoms with Gasteiger partial charge in [0, 0.05) is 17.8 Å². The number of carbonyl (C=O) groups is 1. The number of methoxy groups -OCH3 is 2. The molecule has 0 heterocycles. The molecule has 1 aromatic rings. The van der Waals surface area contributed by atoms with Gasteiger partial charge >= 0.3 is 5.97 Å². The first-order valence-electron chi connectivity index (χ1n) is 5.23. The zero-order valence-corrected chi connectivity index (χ0v) is 11.7. The average Bonchev–Trinajstić information content (AvgIpc) is 2.31. The van der Waals surface area contributed by atoms with E-state index < -0.39 is 0 Å². The number of rotatable bonds is 5. The lowest BCUT2D eigenvalue weighted by molar-refractivity contribution is -0.140. The summed E-state index contributed by atoms with van der Waals surface area (Å²) in [4.78, 5) is 11.1. The van der Waals surface area contributed by atoms with Gasteiger partial charge in [-0.05, 0) is 35.0 Å². The highest BCUT2D eigenvalue weighted by atomic mass is 79.9. The van der Waals surface area contributed by atoms with Gasteiger partial charge in [-0.25, -0.2) is 0 Å². The number of benzene rings is 1. The van der Waals surface area contributed by atoms with Crippen LogP contribution in [0.1, 0.15) is 13.3 Å². The van der Waals surface area contributed by atoms with Crippen molar-refractivity contribution in [2.75, 3.05) is 19.5 Å². The van der Waals surface area contributed by atoms with Crippen molar-refractivity contribution in [3.05, 3.63) is 22.7 Å². The second-order valence-corrected chi connectivity index (χ2v) is 4.53. The maximum absolute atomic E-state index is 11.1. The molecule has 94 valence electrons. The van der Waals surface area contributed by atoms with Crippen LogP contribution in [0.25, 0.3) is 0 Å². The molecule has 1 unspecified atom stereocenters. The van der Waals surface area contributed by atoms with E-state index in [0.717, 1.165) is 15.9 Å². The van der Waals surface area contributed by atoms with Crippen molar-refractivity contribution in [3.63, 3.8) is 0 Å². The summed E-state index contributed by atoms with van der Waals surface area (Å²) >= 11 is 3.38. The van der Waals surface area contributed by atoms with Crippen LogP contribution in [0.15, 0.2) is 22.7 Å². The minimum absolute atomic E-state index is 0.00771. The van der Waals surface area contributed by atoms with Crippen molar-refractivity contribution < 1.29 is 14.3 Å². The molecular weight excluding hydrogens is 286 g/mol. The van der Waals surface area contributed by atoms with Gasteiger partial charge < -0.3 is 14.8 Å². The monoisotopic (exact) mass is 301 g/mol. The number of esters is 1. The number of carbonyl (C=O) groups excluding carboxylic acids is 1. The summed E-state index contributed by atoms with van der Waals surface area (Å²) in [6.07, 6.45) is 0.328. The number of halogens is 1. The second kappa shape index (κ2) is 6.49. The van der Waals surface area contributed by atoms with Crippen LogP contribution >= 0.6 is 15.9 Å². The molecule has 1 atom stereocenters. The Balaban J connectivity index is 2.65. The lowest BCUT2D eigenvalue weighted by Gasteiger charge is -2.15. The first-order valence-corrected chi connectivity index (χ1v) is 6.03. The van der Waals surface area contributed by atoms with E-state index in [-0.39, 0.29) is 12.0 Å². The van der Waals surface area contributed by atoms with Crippen LogP contribution < -0.4 is 10.1 Å². The Morgan fingerprint density at radius 2 is 2.18 bits per heavy atom. The quantitative estimate of drug-likeness (QED) is 0.850. The van der Waals surface area contributed by atoms with E-state index in [4.69, 9.17) is 4.74 Å². The summed E-state index contributed by atoms with van der Waals surface area (Å²) in [5.74, 6) is 0.523. The van der Waals surface area contributed by atoms with Crippen LogP contribution in [-0.2, 0) is 9.53 Å². The molecule has 0 saturated carbocycles. The van der Waals surface area contributed by atoms with Gasteiger partial charge in [-0.1, -0.05) is 0 Å². The van der Waals surface area contributed by atoms with Crippen LogP contribution in [0, 0.1) is 0 Å². The summed E-state index contributed by atoms with van der Waals surface area (Å²) in [5, 5.41) is 3.21. The molecule has 0 bridgehead atoms. The fraction of sp³-hybridized carbons (Fsp3) is 0.417. The van der Waals surface area contributed by atoms with Gasteiger partial charge in [-0.2, -0.15) is 0 Å². The van der Waals surface area contributed by atoms with E-state index in [1.54, 1.807) is 7.11 Å². The minimum Gasteiger partial charge on any atom is -0.495 e. The molecule has 0 aliphatic carbocycles. The van der Waals surface area contributed by atoms with Crippen molar-refractivity contribution >= 4 is 27.6 Å². The maximum Gasteiger partial charge on any atom is 0.307 e. The van der Waals surface area contributed by atoms with Crippen LogP contribution in [0.4, 0.5) is 5.69 Å². The molecule has 0 amide bonds. The van der Waals surface area contributed by atoms with Crippen LogP contribution in [0.3, 0.4) is 0 Å². The lowest BCUT2D eigenvalue weighted by Crippen LogP contribution is -2.20. The van der Waals surface area contributed by atoms with Gasteiger partial charge in [0.05, 0.1) is 25.1 Å². The SMILES string of the molecule is COC(=O)CC(C)Nc1ccc(Br)c(OC)c1. The predicted molar refractivity (Wildman–Crippen MR) is 70.4 cm³/mol. The maximum atomic E-state index is 11.1.